The van der Waals surface area contributed by atoms with E-state index in [1.54, 1.807) is 21.6 Å². The SMILES string of the molecule is CCO[Si](CCCSSC(=S)N(Cc1ccccc1)Cc1ccccc1)(OCC)OCC. The Morgan fingerprint density at radius 1 is 0.812 bits per heavy atom. The molecule has 2 aromatic rings. The Balaban J connectivity index is 1.88. The summed E-state index contributed by atoms with van der Waals surface area (Å²) >= 11 is 5.82. The van der Waals surface area contributed by atoms with Crippen LogP contribution < -0.4 is 0 Å². The van der Waals surface area contributed by atoms with Gasteiger partial charge in [-0.1, -0.05) is 83.7 Å². The zero-order valence-corrected chi connectivity index (χ0v) is 22.8. The third kappa shape index (κ3) is 9.95. The summed E-state index contributed by atoms with van der Waals surface area (Å²) in [5.74, 6) is 0.970. The predicted octanol–water partition coefficient (Wildman–Crippen LogP) is 6.79. The van der Waals surface area contributed by atoms with Crippen LogP contribution in [0.15, 0.2) is 60.7 Å². The highest BCUT2D eigenvalue weighted by Crippen LogP contribution is 2.29. The number of hydrogen-bond acceptors (Lipinski definition) is 6. The average Bonchev–Trinajstić information content (AvgIpc) is 2.80. The van der Waals surface area contributed by atoms with Crippen LogP contribution in [-0.4, -0.2) is 43.6 Å². The first-order valence-corrected chi connectivity index (χ1v) is 15.9. The molecule has 0 heterocycles. The van der Waals surface area contributed by atoms with Gasteiger partial charge >= 0.3 is 8.80 Å². The minimum absolute atomic E-state index is 0.617. The molecule has 0 saturated carbocycles. The Morgan fingerprint density at radius 2 is 1.28 bits per heavy atom. The minimum atomic E-state index is -2.56. The van der Waals surface area contributed by atoms with Crippen molar-refractivity contribution in [2.45, 2.75) is 46.3 Å². The maximum absolute atomic E-state index is 5.95. The van der Waals surface area contributed by atoms with Gasteiger partial charge in [0.05, 0.1) is 0 Å². The summed E-state index contributed by atoms with van der Waals surface area (Å²) in [5.41, 5.74) is 2.52. The van der Waals surface area contributed by atoms with Gasteiger partial charge < -0.3 is 18.2 Å². The molecule has 4 nitrogen and oxygen atoms in total. The van der Waals surface area contributed by atoms with E-state index in [0.29, 0.717) is 19.8 Å². The molecule has 2 rings (SSSR count). The van der Waals surface area contributed by atoms with Gasteiger partial charge in [0.15, 0.2) is 0 Å². The number of benzene rings is 2. The molecule has 0 fully saturated rings. The summed E-state index contributed by atoms with van der Waals surface area (Å²) in [4.78, 5) is 2.28. The quantitative estimate of drug-likeness (QED) is 0.113. The van der Waals surface area contributed by atoms with Crippen molar-refractivity contribution in [3.05, 3.63) is 71.8 Å². The maximum Gasteiger partial charge on any atom is 0.500 e. The van der Waals surface area contributed by atoms with Crippen LogP contribution in [0.1, 0.15) is 38.3 Å². The monoisotopic (exact) mass is 509 g/mol. The largest absolute Gasteiger partial charge is 0.500 e. The molecule has 2 aromatic carbocycles. The second kappa shape index (κ2) is 15.9. The van der Waals surface area contributed by atoms with Gasteiger partial charge in [-0.2, -0.15) is 0 Å². The molecule has 0 atom stereocenters. The smallest absolute Gasteiger partial charge is 0.374 e. The van der Waals surface area contributed by atoms with Crippen LogP contribution in [0.25, 0.3) is 0 Å². The van der Waals surface area contributed by atoms with Gasteiger partial charge in [-0.25, -0.2) is 0 Å². The van der Waals surface area contributed by atoms with E-state index in [-0.39, 0.29) is 0 Å². The first-order valence-electron chi connectivity index (χ1n) is 11.2. The summed E-state index contributed by atoms with van der Waals surface area (Å²) in [6.45, 7) is 9.45. The van der Waals surface area contributed by atoms with Crippen molar-refractivity contribution in [1.82, 2.24) is 4.90 Å². The number of thiocarbonyl (C=S) groups is 1. The molecule has 32 heavy (non-hydrogen) atoms. The highest BCUT2D eigenvalue weighted by atomic mass is 33.1. The fourth-order valence-corrected chi connectivity index (χ4v) is 8.62. The lowest BCUT2D eigenvalue weighted by Gasteiger charge is -2.28. The highest BCUT2D eigenvalue weighted by molar-refractivity contribution is 8.83. The average molecular weight is 510 g/mol. The van der Waals surface area contributed by atoms with E-state index >= 15 is 0 Å². The van der Waals surface area contributed by atoms with Gasteiger partial charge in [0.2, 0.25) is 0 Å². The molecule has 0 saturated heterocycles. The van der Waals surface area contributed by atoms with Gasteiger partial charge in [-0.15, -0.1) is 0 Å². The fourth-order valence-electron chi connectivity index (χ4n) is 3.29. The van der Waals surface area contributed by atoms with Crippen LogP contribution in [0.4, 0.5) is 0 Å². The Morgan fingerprint density at radius 3 is 1.72 bits per heavy atom. The summed E-state index contributed by atoms with van der Waals surface area (Å²) in [7, 11) is 0.913. The lowest BCUT2D eigenvalue weighted by molar-refractivity contribution is 0.0712. The van der Waals surface area contributed by atoms with Crippen LogP contribution in [0, 0.1) is 0 Å². The van der Waals surface area contributed by atoms with Crippen molar-refractivity contribution in [3.63, 3.8) is 0 Å². The first-order chi connectivity index (χ1) is 15.6. The Hall–Kier alpha value is -0.873. The standard InChI is InChI=1S/C24H35NO3S3Si/c1-4-26-32(27-5-2,28-6-3)19-13-18-30-31-24(29)25(20-22-14-9-7-10-15-22)21-23-16-11-8-12-17-23/h7-12,14-17H,4-6,13,18-21H2,1-3H3. The molecular formula is C24H35NO3S3Si. The van der Waals surface area contributed by atoms with Crippen molar-refractivity contribution in [2.75, 3.05) is 25.6 Å². The van der Waals surface area contributed by atoms with E-state index in [1.807, 2.05) is 32.9 Å². The van der Waals surface area contributed by atoms with E-state index in [9.17, 15) is 0 Å². The van der Waals surface area contributed by atoms with E-state index in [1.165, 1.54) is 11.1 Å². The minimum Gasteiger partial charge on any atom is -0.374 e. The molecule has 8 heteroatoms. The van der Waals surface area contributed by atoms with Crippen molar-refractivity contribution in [3.8, 4) is 0 Å². The Labute approximate surface area is 208 Å². The van der Waals surface area contributed by atoms with Gasteiger partial charge in [0.25, 0.3) is 0 Å². The molecular weight excluding hydrogens is 475 g/mol. The van der Waals surface area contributed by atoms with Crippen LogP contribution in [0.5, 0.6) is 0 Å². The van der Waals surface area contributed by atoms with Gasteiger partial charge in [0, 0.05) is 44.7 Å². The first kappa shape index (κ1) is 27.4. The molecule has 0 aliphatic carbocycles. The van der Waals surface area contributed by atoms with E-state index < -0.39 is 8.80 Å². The molecule has 176 valence electrons. The number of hydrogen-bond donors (Lipinski definition) is 0. The molecule has 0 amide bonds. The Bertz CT molecular complexity index is 709. The van der Waals surface area contributed by atoms with Gasteiger partial charge in [0.1, 0.15) is 4.32 Å². The third-order valence-corrected chi connectivity index (χ3v) is 10.9. The van der Waals surface area contributed by atoms with E-state index in [4.69, 9.17) is 25.5 Å². The van der Waals surface area contributed by atoms with Crippen molar-refractivity contribution in [1.29, 1.82) is 0 Å². The van der Waals surface area contributed by atoms with Gasteiger partial charge in [-0.05, 0) is 49.1 Å². The molecule has 0 N–H and O–H groups in total. The van der Waals surface area contributed by atoms with E-state index in [0.717, 1.165) is 35.6 Å². The second-order valence-electron chi connectivity index (χ2n) is 7.08. The molecule has 0 bridgehead atoms. The maximum atomic E-state index is 5.95. The lowest BCUT2D eigenvalue weighted by atomic mass is 10.2. The van der Waals surface area contributed by atoms with E-state index in [2.05, 4.69) is 53.4 Å². The molecule has 0 spiro atoms. The topological polar surface area (TPSA) is 30.9 Å². The second-order valence-corrected chi connectivity index (χ2v) is 12.9. The normalized spacial score (nSPS) is 11.5. The molecule has 0 unspecified atom stereocenters. The predicted molar refractivity (Wildman–Crippen MR) is 145 cm³/mol. The van der Waals surface area contributed by atoms with Crippen LogP contribution in [-0.2, 0) is 26.4 Å². The Kier molecular flexibility index (Phi) is 13.6. The van der Waals surface area contributed by atoms with Gasteiger partial charge in [-0.3, -0.25) is 0 Å². The number of nitrogens with zero attached hydrogens (tertiary/aromatic N) is 1. The summed E-state index contributed by atoms with van der Waals surface area (Å²) in [6.07, 6.45) is 0.976. The summed E-state index contributed by atoms with van der Waals surface area (Å²) < 4.78 is 18.8. The van der Waals surface area contributed by atoms with Crippen LogP contribution >= 0.6 is 33.8 Å². The van der Waals surface area contributed by atoms with Crippen LogP contribution in [0.2, 0.25) is 6.04 Å². The zero-order chi connectivity index (χ0) is 23.1. The highest BCUT2D eigenvalue weighted by Gasteiger charge is 2.39. The van der Waals surface area contributed by atoms with Crippen LogP contribution in [0.3, 0.4) is 0 Å². The molecule has 0 radical (unpaired) electrons. The molecule has 0 aromatic heterocycles. The third-order valence-electron chi connectivity index (χ3n) is 4.62. The van der Waals surface area contributed by atoms with Crippen molar-refractivity contribution in [2.24, 2.45) is 0 Å². The molecule has 0 aliphatic rings. The summed E-state index contributed by atoms with van der Waals surface area (Å²) in [6, 6.07) is 21.8. The lowest BCUT2D eigenvalue weighted by Crippen LogP contribution is -2.46. The van der Waals surface area contributed by atoms with Crippen molar-refractivity contribution >= 4 is 46.9 Å². The number of rotatable bonds is 15. The summed E-state index contributed by atoms with van der Waals surface area (Å²) in [5, 5.41) is 0. The fraction of sp³-hybridized carbons (Fsp3) is 0.458. The zero-order valence-electron chi connectivity index (χ0n) is 19.3. The van der Waals surface area contributed by atoms with Crippen molar-refractivity contribution < 1.29 is 13.3 Å². The molecule has 0 aliphatic heterocycles.